The highest BCUT2D eigenvalue weighted by molar-refractivity contribution is 6.36. The largest absolute Gasteiger partial charge is 0.508 e. The van der Waals surface area contributed by atoms with Crippen molar-refractivity contribution in [1.82, 2.24) is 63.8 Å². The Labute approximate surface area is 692 Å². The number of carboxylic acid groups (broad SMARTS) is 1. The molecule has 4 aromatic carbocycles. The van der Waals surface area contributed by atoms with Crippen LogP contribution in [0.4, 0.5) is 0 Å². The summed E-state index contributed by atoms with van der Waals surface area (Å²) < 4.78 is 0. The molecule has 35 nitrogen and oxygen atoms in total. The zero-order valence-corrected chi connectivity index (χ0v) is 68.8. The molecule has 0 heterocycles. The summed E-state index contributed by atoms with van der Waals surface area (Å²) in [6.07, 6.45) is -4.28. The average Bonchev–Trinajstić information content (AvgIpc) is 0.836. The summed E-state index contributed by atoms with van der Waals surface area (Å²) in [5, 5.41) is 90.2. The quantitative estimate of drug-likeness (QED) is 0.0170. The Morgan fingerprint density at radius 3 is 1.18 bits per heavy atom. The minimum atomic E-state index is -1.93. The number of aliphatic hydroxyl groups excluding tert-OH is 1. The third-order valence-corrected chi connectivity index (χ3v) is 20.3. The second kappa shape index (κ2) is 47.9. The monoisotopic (exact) mass is 1700 g/mol. The van der Waals surface area contributed by atoms with Crippen molar-refractivity contribution >= 4 is 135 Å². The van der Waals surface area contributed by atoms with Gasteiger partial charge in [-0.05, 0) is 133 Å². The van der Waals surface area contributed by atoms with E-state index in [4.69, 9.17) is 80.2 Å². The van der Waals surface area contributed by atoms with Crippen LogP contribution in [0.25, 0.3) is 0 Å². The van der Waals surface area contributed by atoms with Gasteiger partial charge < -0.3 is 107 Å². The summed E-state index contributed by atoms with van der Waals surface area (Å²) >= 11 is 25.7. The van der Waals surface area contributed by atoms with Crippen molar-refractivity contribution in [3.8, 4) is 11.5 Å². The molecule has 4 rings (SSSR count). The van der Waals surface area contributed by atoms with E-state index in [1.807, 2.05) is 0 Å². The molecule has 4 aromatic rings. The maximum Gasteiger partial charge on any atom is 0.326 e. The van der Waals surface area contributed by atoms with Crippen LogP contribution in [0.1, 0.15) is 153 Å². The Kier molecular flexibility index (Phi) is 40.3. The molecule has 0 saturated heterocycles. The molecule has 0 radical (unpaired) electrons. The van der Waals surface area contributed by atoms with Gasteiger partial charge in [0.15, 0.2) is 11.9 Å². The summed E-state index contributed by atoms with van der Waals surface area (Å²) in [6.45, 7) is 12.2. The molecule has 39 heteroatoms. The smallest absolute Gasteiger partial charge is 0.326 e. The normalized spacial score (nSPS) is 14.5. The predicted molar refractivity (Wildman–Crippen MR) is 435 cm³/mol. The number of nitrogens with two attached hydrogens (primary N) is 4. The highest BCUT2D eigenvalue weighted by Crippen LogP contribution is 2.33. The average molecular weight is 1700 g/mol. The minimum absolute atomic E-state index is 0.0179. The fourth-order valence-electron chi connectivity index (χ4n) is 12.2. The number of carbonyl (C=O) groups excluding carboxylic acids is 12. The van der Waals surface area contributed by atoms with E-state index in [1.54, 1.807) is 84.0 Å². The Hall–Kier alpha value is -10.8. The van der Waals surface area contributed by atoms with Gasteiger partial charge in [-0.15, -0.1) is 0 Å². The number of nitrogens with one attached hydrogen (secondary N) is 14. The molecule has 0 aliphatic carbocycles. The molecule has 0 unspecified atom stereocenters. The van der Waals surface area contributed by atoms with Crippen molar-refractivity contribution < 1.29 is 82.8 Å². The van der Waals surface area contributed by atoms with Gasteiger partial charge in [-0.1, -0.05) is 137 Å². The van der Waals surface area contributed by atoms with Crippen LogP contribution in [-0.4, -0.2) is 189 Å². The van der Waals surface area contributed by atoms with Crippen LogP contribution in [0.5, 0.6) is 11.5 Å². The highest BCUT2D eigenvalue weighted by Gasteiger charge is 2.39. The number of phenolic OH excluding ortho intramolecular Hbond substituents is 2. The molecule has 26 N–H and O–H groups in total. The number of amides is 12. The van der Waals surface area contributed by atoms with Gasteiger partial charge in [0, 0.05) is 72.2 Å². The van der Waals surface area contributed by atoms with Crippen LogP contribution in [0.15, 0.2) is 72.8 Å². The first-order valence-electron chi connectivity index (χ1n) is 37.6. The van der Waals surface area contributed by atoms with Crippen LogP contribution in [-0.2, 0) is 88.0 Å². The van der Waals surface area contributed by atoms with Crippen LogP contribution < -0.4 is 86.7 Å². The Bertz CT molecular complexity index is 4140. The van der Waals surface area contributed by atoms with Crippen LogP contribution in [0.2, 0.25) is 20.1 Å². The molecule has 0 saturated carbocycles. The van der Waals surface area contributed by atoms with Crippen LogP contribution in [0.3, 0.4) is 0 Å². The predicted octanol–water partition coefficient (Wildman–Crippen LogP) is 1.82. The molecular formula is C77H108Cl4N18O17. The van der Waals surface area contributed by atoms with Crippen molar-refractivity contribution in [1.29, 1.82) is 10.8 Å². The first-order chi connectivity index (χ1) is 54.5. The molecular weight excluding hydrogens is 1590 g/mol. The molecule has 12 amide bonds. The number of aromatic hydroxyl groups is 2. The molecule has 0 bridgehead atoms. The molecule has 0 aromatic heterocycles. The van der Waals surface area contributed by atoms with Crippen molar-refractivity contribution in [2.75, 3.05) is 13.1 Å². The third-order valence-electron chi connectivity index (χ3n) is 18.9. The van der Waals surface area contributed by atoms with Crippen molar-refractivity contribution in [3.05, 3.63) is 126 Å². The first-order valence-corrected chi connectivity index (χ1v) is 39.2. The molecule has 13 atom stereocenters. The van der Waals surface area contributed by atoms with E-state index >= 15 is 0 Å². The van der Waals surface area contributed by atoms with Gasteiger partial charge in [-0.25, -0.2) is 4.79 Å². The fourth-order valence-corrected chi connectivity index (χ4v) is 13.2. The van der Waals surface area contributed by atoms with Gasteiger partial charge in [-0.3, -0.25) is 68.4 Å². The number of halogens is 4. The summed E-state index contributed by atoms with van der Waals surface area (Å²) in [4.78, 5) is 181. The molecule has 636 valence electrons. The number of carbonyl (C=O) groups is 13. The topological polar surface area (TPSA) is 599 Å². The van der Waals surface area contributed by atoms with Gasteiger partial charge in [0.05, 0.1) is 12.5 Å². The van der Waals surface area contributed by atoms with Crippen molar-refractivity contribution in [3.63, 3.8) is 0 Å². The van der Waals surface area contributed by atoms with Gasteiger partial charge >= 0.3 is 5.97 Å². The summed E-state index contributed by atoms with van der Waals surface area (Å²) in [6, 6.07) is 2.35. The molecule has 0 spiro atoms. The number of phenols is 2. The lowest BCUT2D eigenvalue weighted by atomic mass is 9.95. The van der Waals surface area contributed by atoms with Crippen LogP contribution >= 0.6 is 46.4 Å². The lowest BCUT2D eigenvalue weighted by molar-refractivity contribution is -0.142. The van der Waals surface area contributed by atoms with E-state index in [2.05, 4.69) is 63.8 Å². The maximum atomic E-state index is 14.6. The lowest BCUT2D eigenvalue weighted by Crippen LogP contribution is -2.63. The van der Waals surface area contributed by atoms with Crippen molar-refractivity contribution in [2.45, 2.75) is 212 Å². The van der Waals surface area contributed by atoms with Gasteiger partial charge in [0.25, 0.3) is 0 Å². The number of aliphatic hydroxyl groups is 1. The van der Waals surface area contributed by atoms with E-state index in [9.17, 15) is 82.8 Å². The number of hydrogen-bond donors (Lipinski definition) is 22. The number of primary amides is 2. The molecule has 116 heavy (non-hydrogen) atoms. The maximum absolute atomic E-state index is 14.6. The number of aliphatic carboxylic acids is 1. The third kappa shape index (κ3) is 32.5. The summed E-state index contributed by atoms with van der Waals surface area (Å²) in [5.74, 6) is -16.5. The number of carboxylic acids is 1. The molecule has 0 fully saturated rings. The fraction of sp³-hybridized carbons (Fsp3) is 0.494. The van der Waals surface area contributed by atoms with E-state index in [1.165, 1.54) is 37.3 Å². The van der Waals surface area contributed by atoms with E-state index in [0.717, 1.165) is 6.92 Å². The van der Waals surface area contributed by atoms with Crippen LogP contribution in [0, 0.1) is 28.6 Å². The highest BCUT2D eigenvalue weighted by atomic mass is 35.5. The number of guanidine groups is 2. The zero-order valence-electron chi connectivity index (χ0n) is 65.7. The Morgan fingerprint density at radius 1 is 0.440 bits per heavy atom. The van der Waals surface area contributed by atoms with Crippen molar-refractivity contribution in [2.24, 2.45) is 40.7 Å². The number of hydrogen-bond acceptors (Lipinski definition) is 18. The number of rotatable bonds is 48. The Morgan fingerprint density at radius 2 is 0.793 bits per heavy atom. The van der Waals surface area contributed by atoms with E-state index < -0.39 is 186 Å². The second-order valence-electron chi connectivity index (χ2n) is 28.8. The summed E-state index contributed by atoms with van der Waals surface area (Å²) in [7, 11) is 0. The zero-order chi connectivity index (χ0) is 87.0. The van der Waals surface area contributed by atoms with E-state index in [0.29, 0.717) is 53.5 Å². The standard InChI is InChI=1S/C77H108Cl4N18O17/c1-9-38(5)63(97-71(111)56(90-41(8)101)32-42-21-24-59(102)44(30-42)34-46-48(78)15-11-16-49(46)79)72(112)95-57(36-62(83)105)69(109)94-55(29-37(3)4)70(110)98-64(39(6)10-2)73(113)99-65(40(7)100)74(114)93-53(20-14-28-89-77(86)87)66(106)92-54(23-26-61(82)104)68(108)91-52(19-13-27-88-76(84)85)67(107)96-58(75(115)116)33-43-22-25-60(103)45(31-43)35-47-50(80)17-12-18-51(47)81/h11-12,15-18,21-22,24-25,30-31,37-40,52-58,63-65,100,102-103H,9-10,13-14,19-20,23,26-29,32-36H2,1-8H3,(H2,82,104)(H2,83,105)(H,90,101)(H,91,108)(H,92,106)(H,93,114)(H,94,109)(H,95,112)(H,96,107)(H,97,111)(H,98,110)(H,99,113)(H,115,116)(H4,84,85,88)(H4,86,87,89)/t38-,39-,40-,52-,53-,54-,55-,56-,57-,58-,63-,64-,65+/m0/s1. The Balaban J connectivity index is 1.60. The second-order valence-corrected chi connectivity index (χ2v) is 30.4. The SMILES string of the molecule is CC[C@H](C)[C@H](NC(=O)[C@H](Cc1ccc(O)c(Cc2c(Cl)cccc2Cl)c1)NC(C)=O)C(=O)N[C@@H](CC(N)=O)C(=O)N[C@@H](CC(C)C)C(=O)N[C@H](C(=O)N[C@@H](C(=O)N[C@@H](CCCNC(=N)N)C(=O)N[C@@H](CCC(N)=O)C(=O)N[C@@H](CCCNC(=N)N)C(=O)N[C@@H](Cc1ccc(O)c(Cc2c(Cl)cccc2Cl)c1)C(=O)O)[C@H](C)O)[C@@H](C)CC. The minimum Gasteiger partial charge on any atom is -0.508 e. The van der Waals surface area contributed by atoms with Gasteiger partial charge in [-0.2, -0.15) is 0 Å². The van der Waals surface area contributed by atoms with E-state index in [-0.39, 0.29) is 101 Å². The molecule has 0 aliphatic heterocycles. The van der Waals surface area contributed by atoms with Gasteiger partial charge in [0.1, 0.15) is 71.9 Å². The molecule has 0 aliphatic rings. The first kappa shape index (κ1) is 97.6. The van der Waals surface area contributed by atoms with Gasteiger partial charge in [0.2, 0.25) is 70.9 Å². The summed E-state index contributed by atoms with van der Waals surface area (Å²) in [5.41, 5.74) is 24.7. The number of benzene rings is 4. The lowest BCUT2D eigenvalue weighted by Gasteiger charge is -2.31.